The number of hydrogen-bond acceptors (Lipinski definition) is 2. The van der Waals surface area contributed by atoms with Crippen molar-refractivity contribution < 1.29 is 9.90 Å². The van der Waals surface area contributed by atoms with Crippen LogP contribution in [0.2, 0.25) is 0 Å². The van der Waals surface area contributed by atoms with E-state index < -0.39 is 5.97 Å². The normalized spacial score (nSPS) is 27.8. The quantitative estimate of drug-likeness (QED) is 0.725. The molecule has 13 heavy (non-hydrogen) atoms. The van der Waals surface area contributed by atoms with Crippen molar-refractivity contribution in [3.63, 3.8) is 0 Å². The molecule has 0 aromatic heterocycles. The van der Waals surface area contributed by atoms with E-state index in [1.165, 1.54) is 0 Å². The molecule has 1 aliphatic rings. The lowest BCUT2D eigenvalue weighted by atomic mass is 9.80. The summed E-state index contributed by atoms with van der Waals surface area (Å²) in [5, 5.41) is 8.97. The number of likely N-dealkylation sites (N-methyl/N-ethyl adjacent to an activating group) is 1. The van der Waals surface area contributed by atoms with Gasteiger partial charge in [0.15, 0.2) is 0 Å². The molecule has 0 radical (unpaired) electrons. The Labute approximate surface area is 79.7 Å². The standard InChI is InChI=1S/C10H19NO2/c1-4-10(5-2)6-8(9(12)13)11(3)7-10/h8H,4-7H2,1-3H3,(H,12,13). The van der Waals surface area contributed by atoms with Crippen LogP contribution in [0.3, 0.4) is 0 Å². The smallest absolute Gasteiger partial charge is 0.320 e. The fraction of sp³-hybridized carbons (Fsp3) is 0.900. The maximum Gasteiger partial charge on any atom is 0.320 e. The zero-order valence-electron chi connectivity index (χ0n) is 8.71. The lowest BCUT2D eigenvalue weighted by Gasteiger charge is -2.25. The SMILES string of the molecule is CCC1(CC)CC(C(=O)O)N(C)C1. The number of nitrogens with zero attached hydrogens (tertiary/aromatic N) is 1. The summed E-state index contributed by atoms with van der Waals surface area (Å²) in [4.78, 5) is 12.9. The predicted octanol–water partition coefficient (Wildman–Crippen LogP) is 1.58. The minimum absolute atomic E-state index is 0.248. The van der Waals surface area contributed by atoms with Crippen LogP contribution >= 0.6 is 0 Å². The summed E-state index contributed by atoms with van der Waals surface area (Å²) in [6.45, 7) is 5.24. The second-order valence-electron chi connectivity index (χ2n) is 4.18. The largest absolute Gasteiger partial charge is 0.480 e. The molecular formula is C10H19NO2. The predicted molar refractivity (Wildman–Crippen MR) is 51.7 cm³/mol. The molecule has 0 aromatic rings. The van der Waals surface area contributed by atoms with E-state index in [0.717, 1.165) is 25.8 Å². The zero-order chi connectivity index (χ0) is 10.1. The van der Waals surface area contributed by atoms with Crippen LogP contribution in [0.1, 0.15) is 33.1 Å². The number of carboxylic acids is 1. The van der Waals surface area contributed by atoms with Crippen LogP contribution in [-0.2, 0) is 4.79 Å². The Morgan fingerprint density at radius 1 is 1.54 bits per heavy atom. The van der Waals surface area contributed by atoms with Crippen molar-refractivity contribution in [1.82, 2.24) is 4.90 Å². The fourth-order valence-corrected chi connectivity index (χ4v) is 2.31. The van der Waals surface area contributed by atoms with E-state index in [4.69, 9.17) is 5.11 Å². The van der Waals surface area contributed by atoms with E-state index >= 15 is 0 Å². The van der Waals surface area contributed by atoms with Crippen LogP contribution in [0.4, 0.5) is 0 Å². The Morgan fingerprint density at radius 3 is 2.31 bits per heavy atom. The first-order chi connectivity index (χ1) is 6.04. The summed E-state index contributed by atoms with van der Waals surface area (Å²) in [5.41, 5.74) is 0.248. The van der Waals surface area contributed by atoms with E-state index in [2.05, 4.69) is 13.8 Å². The van der Waals surface area contributed by atoms with Crippen LogP contribution in [0.5, 0.6) is 0 Å². The maximum atomic E-state index is 10.9. The molecule has 1 unspecified atom stereocenters. The average molecular weight is 185 g/mol. The van der Waals surface area contributed by atoms with Crippen molar-refractivity contribution in [2.24, 2.45) is 5.41 Å². The van der Waals surface area contributed by atoms with Crippen molar-refractivity contribution in [2.45, 2.75) is 39.2 Å². The van der Waals surface area contributed by atoms with Crippen molar-refractivity contribution in [3.8, 4) is 0 Å². The van der Waals surface area contributed by atoms with Gasteiger partial charge in [0.05, 0.1) is 0 Å². The van der Waals surface area contributed by atoms with Gasteiger partial charge in [-0.3, -0.25) is 9.69 Å². The molecule has 0 aliphatic carbocycles. The van der Waals surface area contributed by atoms with Crippen molar-refractivity contribution >= 4 is 5.97 Å². The van der Waals surface area contributed by atoms with Gasteiger partial charge in [0.2, 0.25) is 0 Å². The molecule has 1 N–H and O–H groups in total. The minimum Gasteiger partial charge on any atom is -0.480 e. The zero-order valence-corrected chi connectivity index (χ0v) is 8.71. The van der Waals surface area contributed by atoms with Gasteiger partial charge in [0, 0.05) is 6.54 Å². The van der Waals surface area contributed by atoms with Gasteiger partial charge in [-0.1, -0.05) is 13.8 Å². The van der Waals surface area contributed by atoms with Gasteiger partial charge in [0.1, 0.15) is 6.04 Å². The van der Waals surface area contributed by atoms with Gasteiger partial charge < -0.3 is 5.11 Å². The Bertz CT molecular complexity index is 199. The first-order valence-corrected chi connectivity index (χ1v) is 4.97. The molecule has 1 rings (SSSR count). The maximum absolute atomic E-state index is 10.9. The molecule has 0 spiro atoms. The topological polar surface area (TPSA) is 40.5 Å². The van der Waals surface area contributed by atoms with Crippen LogP contribution in [0.15, 0.2) is 0 Å². The van der Waals surface area contributed by atoms with E-state index in [-0.39, 0.29) is 11.5 Å². The molecule has 76 valence electrons. The van der Waals surface area contributed by atoms with Gasteiger partial charge in [-0.05, 0) is 31.7 Å². The van der Waals surface area contributed by atoms with Gasteiger partial charge in [-0.15, -0.1) is 0 Å². The average Bonchev–Trinajstić information content (AvgIpc) is 2.44. The molecule has 0 saturated carbocycles. The van der Waals surface area contributed by atoms with Crippen LogP contribution < -0.4 is 0 Å². The highest BCUT2D eigenvalue weighted by atomic mass is 16.4. The Hall–Kier alpha value is -0.570. The van der Waals surface area contributed by atoms with Crippen molar-refractivity contribution in [1.29, 1.82) is 0 Å². The molecule has 1 atom stereocenters. The van der Waals surface area contributed by atoms with E-state index in [9.17, 15) is 4.79 Å². The molecule has 0 amide bonds. The van der Waals surface area contributed by atoms with Crippen molar-refractivity contribution in [3.05, 3.63) is 0 Å². The summed E-state index contributed by atoms with van der Waals surface area (Å²) in [6, 6.07) is -0.264. The van der Waals surface area contributed by atoms with E-state index in [1.807, 2.05) is 11.9 Å². The lowest BCUT2D eigenvalue weighted by Crippen LogP contribution is -2.32. The van der Waals surface area contributed by atoms with Crippen molar-refractivity contribution in [2.75, 3.05) is 13.6 Å². The summed E-state index contributed by atoms with van der Waals surface area (Å²) in [7, 11) is 1.91. The fourth-order valence-electron chi connectivity index (χ4n) is 2.31. The Morgan fingerprint density at radius 2 is 2.08 bits per heavy atom. The second-order valence-corrected chi connectivity index (χ2v) is 4.18. The Kier molecular flexibility index (Phi) is 2.96. The number of carbonyl (C=O) groups is 1. The number of carboxylic acid groups (broad SMARTS) is 1. The third kappa shape index (κ3) is 1.85. The van der Waals surface area contributed by atoms with Gasteiger partial charge in [0.25, 0.3) is 0 Å². The molecule has 1 heterocycles. The first kappa shape index (κ1) is 10.5. The lowest BCUT2D eigenvalue weighted by molar-refractivity contribution is -0.141. The van der Waals surface area contributed by atoms with Crippen LogP contribution in [0.25, 0.3) is 0 Å². The van der Waals surface area contributed by atoms with Gasteiger partial charge in [-0.2, -0.15) is 0 Å². The third-order valence-corrected chi connectivity index (χ3v) is 3.53. The molecule has 1 aliphatic heterocycles. The molecule has 3 nitrogen and oxygen atoms in total. The van der Waals surface area contributed by atoms with E-state index in [0.29, 0.717) is 0 Å². The molecular weight excluding hydrogens is 166 g/mol. The number of hydrogen-bond donors (Lipinski definition) is 1. The van der Waals surface area contributed by atoms with Gasteiger partial charge >= 0.3 is 5.97 Å². The molecule has 1 fully saturated rings. The first-order valence-electron chi connectivity index (χ1n) is 4.97. The van der Waals surface area contributed by atoms with Gasteiger partial charge in [-0.25, -0.2) is 0 Å². The van der Waals surface area contributed by atoms with Crippen LogP contribution in [0, 0.1) is 5.41 Å². The molecule has 0 aromatic carbocycles. The highest BCUT2D eigenvalue weighted by Crippen LogP contribution is 2.39. The number of rotatable bonds is 3. The molecule has 1 saturated heterocycles. The monoisotopic (exact) mass is 185 g/mol. The number of likely N-dealkylation sites (tertiary alicyclic amines) is 1. The summed E-state index contributed by atoms with van der Waals surface area (Å²) >= 11 is 0. The second kappa shape index (κ2) is 3.66. The van der Waals surface area contributed by atoms with E-state index in [1.54, 1.807) is 0 Å². The summed E-state index contributed by atoms with van der Waals surface area (Å²) in [6.07, 6.45) is 2.97. The number of aliphatic carboxylic acids is 1. The highest BCUT2D eigenvalue weighted by Gasteiger charge is 2.42. The third-order valence-electron chi connectivity index (χ3n) is 3.53. The summed E-state index contributed by atoms with van der Waals surface area (Å²) in [5.74, 6) is -0.675. The Balaban J connectivity index is 2.73. The summed E-state index contributed by atoms with van der Waals surface area (Å²) < 4.78 is 0. The highest BCUT2D eigenvalue weighted by molar-refractivity contribution is 5.74. The molecule has 0 bridgehead atoms. The molecule has 3 heteroatoms. The van der Waals surface area contributed by atoms with Crippen LogP contribution in [-0.4, -0.2) is 35.6 Å². The minimum atomic E-state index is -0.675.